The molecule has 3 unspecified atom stereocenters. The van der Waals surface area contributed by atoms with E-state index in [1.165, 1.54) is 19.1 Å². The van der Waals surface area contributed by atoms with E-state index in [0.29, 0.717) is 18.5 Å². The summed E-state index contributed by atoms with van der Waals surface area (Å²) in [6.07, 6.45) is 4.78. The monoisotopic (exact) mass is 297 g/mol. The van der Waals surface area contributed by atoms with E-state index in [1.54, 1.807) is 24.3 Å². The van der Waals surface area contributed by atoms with Crippen molar-refractivity contribution in [3.05, 3.63) is 29.8 Å². The molecule has 20 heavy (non-hydrogen) atoms. The van der Waals surface area contributed by atoms with E-state index in [1.807, 2.05) is 0 Å². The first-order valence-electron chi connectivity index (χ1n) is 7.10. The number of hydrogen-bond acceptors (Lipinski definition) is 4. The fraction of sp³-hybridized carbons (Fsp3) is 0.600. The topological polar surface area (TPSA) is 66.4 Å². The second-order valence-corrected chi connectivity index (χ2v) is 7.80. The molecule has 1 heterocycles. The lowest BCUT2D eigenvalue weighted by atomic mass is 9.93. The van der Waals surface area contributed by atoms with Crippen molar-refractivity contribution < 1.29 is 13.5 Å². The molecule has 1 aliphatic heterocycles. The van der Waals surface area contributed by atoms with Gasteiger partial charge in [-0.15, -0.1) is 0 Å². The number of hydrogen-bond donors (Lipinski definition) is 2. The Balaban J connectivity index is 2.00. The zero-order valence-corrected chi connectivity index (χ0v) is 12.9. The van der Waals surface area contributed by atoms with Gasteiger partial charge in [0, 0.05) is 18.3 Å². The number of nitrogens with one attached hydrogen (secondary N) is 1. The van der Waals surface area contributed by atoms with Gasteiger partial charge in [0.2, 0.25) is 0 Å². The maximum atomic E-state index is 11.4. The number of aliphatic hydroxyl groups is 1. The maximum Gasteiger partial charge on any atom is 0.175 e. The molecular weight excluding hydrogens is 274 g/mol. The Morgan fingerprint density at radius 1 is 1.30 bits per heavy atom. The summed E-state index contributed by atoms with van der Waals surface area (Å²) in [5, 5.41) is 13.8. The van der Waals surface area contributed by atoms with E-state index in [2.05, 4.69) is 12.2 Å². The van der Waals surface area contributed by atoms with Gasteiger partial charge in [-0.05, 0) is 43.9 Å². The van der Waals surface area contributed by atoms with Crippen LogP contribution in [-0.2, 0) is 9.84 Å². The summed E-state index contributed by atoms with van der Waals surface area (Å²) < 4.78 is 22.8. The van der Waals surface area contributed by atoms with Crippen LogP contribution in [0.15, 0.2) is 29.2 Å². The van der Waals surface area contributed by atoms with Crippen LogP contribution in [0.2, 0.25) is 0 Å². The number of sulfone groups is 1. The molecule has 0 radical (unpaired) electrons. The Morgan fingerprint density at radius 2 is 1.95 bits per heavy atom. The molecule has 112 valence electrons. The molecule has 0 aromatic heterocycles. The molecule has 0 saturated carbocycles. The lowest BCUT2D eigenvalue weighted by Crippen LogP contribution is -2.41. The zero-order valence-electron chi connectivity index (χ0n) is 12.0. The van der Waals surface area contributed by atoms with Crippen molar-refractivity contribution in [2.24, 2.45) is 0 Å². The van der Waals surface area contributed by atoms with Crippen molar-refractivity contribution in [2.75, 3.05) is 6.26 Å². The molecule has 0 spiro atoms. The van der Waals surface area contributed by atoms with Crippen molar-refractivity contribution >= 4 is 9.84 Å². The molecule has 1 fully saturated rings. The van der Waals surface area contributed by atoms with E-state index in [4.69, 9.17) is 0 Å². The van der Waals surface area contributed by atoms with Gasteiger partial charge in [-0.3, -0.25) is 0 Å². The van der Waals surface area contributed by atoms with E-state index in [-0.39, 0.29) is 4.90 Å². The minimum Gasteiger partial charge on any atom is -0.388 e. The Labute approximate surface area is 121 Å². The average Bonchev–Trinajstić information content (AvgIpc) is 2.38. The summed E-state index contributed by atoms with van der Waals surface area (Å²) in [4.78, 5) is 0.290. The minimum atomic E-state index is -3.17. The minimum absolute atomic E-state index is 0.290. The van der Waals surface area contributed by atoms with Crippen LogP contribution in [0.3, 0.4) is 0 Å². The van der Waals surface area contributed by atoms with Gasteiger partial charge in [-0.1, -0.05) is 18.6 Å². The highest BCUT2D eigenvalue weighted by atomic mass is 32.2. The fourth-order valence-corrected chi connectivity index (χ4v) is 3.40. The Bertz CT molecular complexity index is 539. The molecule has 0 bridgehead atoms. The number of benzene rings is 1. The van der Waals surface area contributed by atoms with Gasteiger partial charge >= 0.3 is 0 Å². The van der Waals surface area contributed by atoms with Crippen LogP contribution < -0.4 is 5.32 Å². The van der Waals surface area contributed by atoms with Crippen LogP contribution >= 0.6 is 0 Å². The lowest BCUT2D eigenvalue weighted by Gasteiger charge is -2.30. The van der Waals surface area contributed by atoms with Crippen LogP contribution in [-0.4, -0.2) is 31.9 Å². The molecule has 2 N–H and O–H groups in total. The third-order valence-corrected chi connectivity index (χ3v) is 5.04. The van der Waals surface area contributed by atoms with Crippen LogP contribution in [0.4, 0.5) is 0 Å². The molecule has 1 aliphatic rings. The number of piperidine rings is 1. The smallest absolute Gasteiger partial charge is 0.175 e. The molecule has 1 saturated heterocycles. The second-order valence-electron chi connectivity index (χ2n) is 5.79. The molecule has 0 aliphatic carbocycles. The van der Waals surface area contributed by atoms with Crippen molar-refractivity contribution in [3.63, 3.8) is 0 Å². The summed E-state index contributed by atoms with van der Waals surface area (Å²) in [5.74, 6) is 0. The quantitative estimate of drug-likeness (QED) is 0.892. The SMILES string of the molecule is CC1CCCC(CC(O)c2ccc(S(C)(=O)=O)cc2)N1. The van der Waals surface area contributed by atoms with Crippen molar-refractivity contribution in [3.8, 4) is 0 Å². The van der Waals surface area contributed by atoms with Gasteiger partial charge in [0.15, 0.2) is 9.84 Å². The summed E-state index contributed by atoms with van der Waals surface area (Å²) in [5.41, 5.74) is 0.775. The second kappa shape index (κ2) is 6.24. The Morgan fingerprint density at radius 3 is 2.50 bits per heavy atom. The number of aliphatic hydroxyl groups excluding tert-OH is 1. The predicted molar refractivity (Wildman–Crippen MR) is 79.4 cm³/mol. The third kappa shape index (κ3) is 4.04. The van der Waals surface area contributed by atoms with Gasteiger partial charge in [0.25, 0.3) is 0 Å². The van der Waals surface area contributed by atoms with Gasteiger partial charge in [0.1, 0.15) is 0 Å². The molecule has 1 aromatic carbocycles. The normalized spacial score (nSPS) is 25.4. The van der Waals surface area contributed by atoms with Gasteiger partial charge < -0.3 is 10.4 Å². The van der Waals surface area contributed by atoms with Crippen molar-refractivity contribution in [1.82, 2.24) is 5.32 Å². The fourth-order valence-electron chi connectivity index (χ4n) is 2.77. The largest absolute Gasteiger partial charge is 0.388 e. The van der Waals surface area contributed by atoms with E-state index in [0.717, 1.165) is 12.0 Å². The molecule has 4 nitrogen and oxygen atoms in total. The molecule has 5 heteroatoms. The van der Waals surface area contributed by atoms with Crippen LogP contribution in [0.5, 0.6) is 0 Å². The molecule has 0 amide bonds. The highest BCUT2D eigenvalue weighted by Gasteiger charge is 2.21. The molecule has 1 aromatic rings. The standard InChI is InChI=1S/C15H23NO3S/c1-11-4-3-5-13(16-11)10-15(17)12-6-8-14(9-7-12)20(2,18)19/h6-9,11,13,15-17H,3-5,10H2,1-2H3. The van der Waals surface area contributed by atoms with Gasteiger partial charge in [0.05, 0.1) is 11.0 Å². The highest BCUT2D eigenvalue weighted by molar-refractivity contribution is 7.90. The number of rotatable bonds is 4. The van der Waals surface area contributed by atoms with Gasteiger partial charge in [-0.2, -0.15) is 0 Å². The summed E-state index contributed by atoms with van der Waals surface area (Å²) in [7, 11) is -3.17. The Kier molecular flexibility index (Phi) is 4.83. The summed E-state index contributed by atoms with van der Waals surface area (Å²) in [6, 6.07) is 7.37. The summed E-state index contributed by atoms with van der Waals surface area (Å²) >= 11 is 0. The summed E-state index contributed by atoms with van der Waals surface area (Å²) in [6.45, 7) is 2.17. The Hall–Kier alpha value is -0.910. The third-order valence-electron chi connectivity index (χ3n) is 3.91. The zero-order chi connectivity index (χ0) is 14.8. The first kappa shape index (κ1) is 15.5. The van der Waals surface area contributed by atoms with E-state index in [9.17, 15) is 13.5 Å². The molecular formula is C15H23NO3S. The van der Waals surface area contributed by atoms with E-state index < -0.39 is 15.9 Å². The van der Waals surface area contributed by atoms with Crippen LogP contribution in [0.25, 0.3) is 0 Å². The molecule has 3 atom stereocenters. The average molecular weight is 297 g/mol. The van der Waals surface area contributed by atoms with Crippen LogP contribution in [0, 0.1) is 0 Å². The van der Waals surface area contributed by atoms with E-state index >= 15 is 0 Å². The first-order chi connectivity index (χ1) is 9.36. The van der Waals surface area contributed by atoms with Crippen molar-refractivity contribution in [2.45, 2.75) is 55.7 Å². The lowest BCUT2D eigenvalue weighted by molar-refractivity contribution is 0.139. The predicted octanol–water partition coefficient (Wildman–Crippen LogP) is 2.04. The van der Waals surface area contributed by atoms with Crippen LogP contribution in [0.1, 0.15) is 44.3 Å². The van der Waals surface area contributed by atoms with Gasteiger partial charge in [-0.25, -0.2) is 8.42 Å². The maximum absolute atomic E-state index is 11.4. The first-order valence-corrected chi connectivity index (χ1v) is 8.99. The molecule has 2 rings (SSSR count). The highest BCUT2D eigenvalue weighted by Crippen LogP contribution is 2.24. The van der Waals surface area contributed by atoms with Crippen molar-refractivity contribution in [1.29, 1.82) is 0 Å².